The molecule has 0 saturated carbocycles. The number of H-pyrrole nitrogens is 1. The zero-order valence-corrected chi connectivity index (χ0v) is 9.59. The number of rotatable bonds is 3. The summed E-state index contributed by atoms with van der Waals surface area (Å²) in [5.74, 6) is 0. The Hall–Kier alpha value is -1.07. The second-order valence-electron chi connectivity index (χ2n) is 3.80. The van der Waals surface area contributed by atoms with Gasteiger partial charge in [0.25, 0.3) is 5.56 Å². The molecule has 0 bridgehead atoms. The van der Waals surface area contributed by atoms with Crippen molar-refractivity contribution in [2.24, 2.45) is 0 Å². The average Bonchev–Trinajstić information content (AvgIpc) is 2.32. The summed E-state index contributed by atoms with van der Waals surface area (Å²) < 4.78 is 5.56. The van der Waals surface area contributed by atoms with Gasteiger partial charge in [-0.25, -0.2) is 5.10 Å². The van der Waals surface area contributed by atoms with Gasteiger partial charge in [-0.3, -0.25) is 4.79 Å². The maximum Gasteiger partial charge on any atom is 0.285 e. The van der Waals surface area contributed by atoms with Crippen LogP contribution in [0.1, 0.15) is 19.3 Å². The maximum absolute atomic E-state index is 11.2. The molecular weight excluding hydrogens is 230 g/mol. The molecule has 1 saturated heterocycles. The van der Waals surface area contributed by atoms with Gasteiger partial charge in [-0.1, -0.05) is 11.6 Å². The number of aromatic nitrogens is 2. The van der Waals surface area contributed by atoms with Crippen LogP contribution < -0.4 is 10.9 Å². The van der Waals surface area contributed by atoms with Crippen molar-refractivity contribution in [2.75, 3.05) is 18.5 Å². The summed E-state index contributed by atoms with van der Waals surface area (Å²) in [5.41, 5.74) is 0.177. The first-order chi connectivity index (χ1) is 7.77. The van der Waals surface area contributed by atoms with Crippen LogP contribution in [0.2, 0.25) is 5.02 Å². The number of hydrogen-bond acceptors (Lipinski definition) is 4. The Morgan fingerprint density at radius 2 is 2.50 bits per heavy atom. The van der Waals surface area contributed by atoms with Crippen LogP contribution in [-0.2, 0) is 4.74 Å². The van der Waals surface area contributed by atoms with Crippen molar-refractivity contribution in [3.8, 4) is 0 Å². The van der Waals surface area contributed by atoms with Gasteiger partial charge in [-0.2, -0.15) is 5.10 Å². The minimum absolute atomic E-state index is 0.144. The van der Waals surface area contributed by atoms with Crippen molar-refractivity contribution in [3.63, 3.8) is 0 Å². The first-order valence-electron chi connectivity index (χ1n) is 5.36. The Bertz CT molecular complexity index is 401. The van der Waals surface area contributed by atoms with E-state index >= 15 is 0 Å². The lowest BCUT2D eigenvalue weighted by Crippen LogP contribution is -2.27. The van der Waals surface area contributed by atoms with E-state index in [1.54, 1.807) is 0 Å². The van der Waals surface area contributed by atoms with Gasteiger partial charge in [-0.15, -0.1) is 0 Å². The van der Waals surface area contributed by atoms with E-state index in [2.05, 4.69) is 15.5 Å². The van der Waals surface area contributed by atoms with E-state index < -0.39 is 0 Å². The van der Waals surface area contributed by atoms with E-state index in [1.165, 1.54) is 12.6 Å². The Labute approximate surface area is 98.2 Å². The molecule has 1 unspecified atom stereocenters. The van der Waals surface area contributed by atoms with Crippen LogP contribution in [-0.4, -0.2) is 29.5 Å². The first kappa shape index (κ1) is 11.4. The highest BCUT2D eigenvalue weighted by atomic mass is 35.5. The van der Waals surface area contributed by atoms with E-state index in [4.69, 9.17) is 16.3 Å². The monoisotopic (exact) mass is 243 g/mol. The fourth-order valence-corrected chi connectivity index (χ4v) is 1.86. The summed E-state index contributed by atoms with van der Waals surface area (Å²) in [4.78, 5) is 11.2. The number of nitrogens with one attached hydrogen (secondary N) is 2. The molecule has 0 aliphatic carbocycles. The molecule has 2 N–H and O–H groups in total. The fourth-order valence-electron chi connectivity index (χ4n) is 1.70. The third-order valence-corrected chi connectivity index (χ3v) is 2.96. The lowest BCUT2D eigenvalue weighted by Gasteiger charge is -2.23. The summed E-state index contributed by atoms with van der Waals surface area (Å²) in [6.45, 7) is 1.47. The SMILES string of the molecule is O=c1[nH]ncc(NCC2CCCCO2)c1Cl. The van der Waals surface area contributed by atoms with E-state index in [0.29, 0.717) is 12.2 Å². The summed E-state index contributed by atoms with van der Waals surface area (Å²) in [5, 5.41) is 9.18. The second-order valence-corrected chi connectivity index (χ2v) is 4.17. The normalized spacial score (nSPS) is 20.7. The van der Waals surface area contributed by atoms with Gasteiger partial charge in [-0.05, 0) is 19.3 Å². The number of halogens is 1. The predicted molar refractivity (Wildman–Crippen MR) is 61.9 cm³/mol. The average molecular weight is 244 g/mol. The van der Waals surface area contributed by atoms with Gasteiger partial charge < -0.3 is 10.1 Å². The van der Waals surface area contributed by atoms with Crippen LogP contribution in [0.4, 0.5) is 5.69 Å². The Morgan fingerprint density at radius 1 is 1.62 bits per heavy atom. The number of ether oxygens (including phenoxy) is 1. The third kappa shape index (κ3) is 2.74. The van der Waals surface area contributed by atoms with Crippen molar-refractivity contribution in [3.05, 3.63) is 21.6 Å². The van der Waals surface area contributed by atoms with E-state index in [0.717, 1.165) is 19.4 Å². The number of anilines is 1. The highest BCUT2D eigenvalue weighted by Crippen LogP contribution is 2.17. The van der Waals surface area contributed by atoms with Crippen LogP contribution in [0.3, 0.4) is 0 Å². The highest BCUT2D eigenvalue weighted by Gasteiger charge is 2.14. The Kier molecular flexibility index (Phi) is 3.79. The second kappa shape index (κ2) is 5.32. The summed E-state index contributed by atoms with van der Waals surface area (Å²) in [6.07, 6.45) is 5.06. The molecule has 88 valence electrons. The quantitative estimate of drug-likeness (QED) is 0.842. The summed E-state index contributed by atoms with van der Waals surface area (Å²) in [7, 11) is 0. The van der Waals surface area contributed by atoms with Gasteiger partial charge in [0.2, 0.25) is 0 Å². The van der Waals surface area contributed by atoms with Crippen molar-refractivity contribution in [2.45, 2.75) is 25.4 Å². The molecule has 1 aromatic rings. The minimum Gasteiger partial charge on any atom is -0.380 e. The number of aromatic amines is 1. The Morgan fingerprint density at radius 3 is 3.25 bits per heavy atom. The van der Waals surface area contributed by atoms with Crippen LogP contribution in [0.15, 0.2) is 11.0 Å². The molecule has 1 atom stereocenters. The van der Waals surface area contributed by atoms with Crippen LogP contribution in [0.5, 0.6) is 0 Å². The summed E-state index contributed by atoms with van der Waals surface area (Å²) >= 11 is 5.82. The zero-order valence-electron chi connectivity index (χ0n) is 8.83. The van der Waals surface area contributed by atoms with E-state index in [-0.39, 0.29) is 16.7 Å². The molecule has 0 aromatic carbocycles. The van der Waals surface area contributed by atoms with Crippen molar-refractivity contribution in [1.29, 1.82) is 0 Å². The van der Waals surface area contributed by atoms with Gasteiger partial charge in [0, 0.05) is 13.2 Å². The molecule has 2 heterocycles. The largest absolute Gasteiger partial charge is 0.380 e. The molecule has 2 rings (SSSR count). The molecule has 1 fully saturated rings. The summed E-state index contributed by atoms with van der Waals surface area (Å²) in [6, 6.07) is 0. The van der Waals surface area contributed by atoms with Crippen LogP contribution >= 0.6 is 11.6 Å². The fraction of sp³-hybridized carbons (Fsp3) is 0.600. The molecule has 1 aliphatic rings. The smallest absolute Gasteiger partial charge is 0.285 e. The standard InChI is InChI=1S/C10H14ClN3O2/c11-9-8(6-13-14-10(9)15)12-5-7-3-1-2-4-16-7/h6-7H,1-5H2,(H2,12,14,15). The molecule has 0 amide bonds. The molecule has 1 aliphatic heterocycles. The molecular formula is C10H14ClN3O2. The number of hydrogen-bond donors (Lipinski definition) is 2. The molecule has 0 radical (unpaired) electrons. The number of nitrogens with zero attached hydrogens (tertiary/aromatic N) is 1. The van der Waals surface area contributed by atoms with Gasteiger partial charge in [0.1, 0.15) is 5.02 Å². The lowest BCUT2D eigenvalue weighted by atomic mass is 10.1. The third-order valence-electron chi connectivity index (χ3n) is 2.59. The first-order valence-corrected chi connectivity index (χ1v) is 5.74. The maximum atomic E-state index is 11.2. The van der Waals surface area contributed by atoms with Crippen LogP contribution in [0, 0.1) is 0 Å². The minimum atomic E-state index is -0.378. The topological polar surface area (TPSA) is 67.0 Å². The lowest BCUT2D eigenvalue weighted by molar-refractivity contribution is 0.0247. The predicted octanol–water partition coefficient (Wildman–Crippen LogP) is 1.40. The molecule has 16 heavy (non-hydrogen) atoms. The molecule has 5 nitrogen and oxygen atoms in total. The van der Waals surface area contributed by atoms with Gasteiger partial charge in [0.15, 0.2) is 0 Å². The molecule has 0 spiro atoms. The van der Waals surface area contributed by atoms with Crippen molar-refractivity contribution < 1.29 is 4.74 Å². The van der Waals surface area contributed by atoms with Crippen molar-refractivity contribution >= 4 is 17.3 Å². The zero-order chi connectivity index (χ0) is 11.4. The molecule has 1 aromatic heterocycles. The van der Waals surface area contributed by atoms with Crippen molar-refractivity contribution in [1.82, 2.24) is 10.2 Å². The molecule has 6 heteroatoms. The van der Waals surface area contributed by atoms with Crippen LogP contribution in [0.25, 0.3) is 0 Å². The van der Waals surface area contributed by atoms with E-state index in [9.17, 15) is 4.79 Å². The van der Waals surface area contributed by atoms with E-state index in [1.807, 2.05) is 0 Å². The van der Waals surface area contributed by atoms with Gasteiger partial charge in [0.05, 0.1) is 18.0 Å². The highest BCUT2D eigenvalue weighted by molar-refractivity contribution is 6.32. The Balaban J connectivity index is 1.93. The van der Waals surface area contributed by atoms with Gasteiger partial charge >= 0.3 is 0 Å².